The van der Waals surface area contributed by atoms with Crippen molar-refractivity contribution in [1.82, 2.24) is 10.3 Å². The molecule has 1 heterocycles. The molecule has 1 N–H and O–H groups in total. The third-order valence-corrected chi connectivity index (χ3v) is 5.63. The number of nitrogens with zero attached hydrogens (tertiary/aromatic N) is 1. The summed E-state index contributed by atoms with van der Waals surface area (Å²) in [6.07, 6.45) is 6.10. The third-order valence-electron chi connectivity index (χ3n) is 4.47. The molecular weight excluding hydrogens is 276 g/mol. The van der Waals surface area contributed by atoms with Gasteiger partial charge in [-0.05, 0) is 51.5 Å². The van der Waals surface area contributed by atoms with E-state index in [0.717, 1.165) is 12.1 Å². The molecule has 0 aliphatic heterocycles. The highest BCUT2D eigenvalue weighted by Crippen LogP contribution is 2.43. The standard InChI is InChI=1S/C18H24N2S/c1-14(9-10-16-7-4-3-5-8-16)20-18(11-6-12-18)17-19-15(2)13-21-17/h3-5,7-8,13-14,20H,6,9-12H2,1-2H3. The topological polar surface area (TPSA) is 24.9 Å². The smallest absolute Gasteiger partial charge is 0.113 e. The molecule has 3 heteroatoms. The first-order valence-corrected chi connectivity index (χ1v) is 8.80. The zero-order valence-electron chi connectivity index (χ0n) is 12.9. The van der Waals surface area contributed by atoms with Crippen molar-refractivity contribution >= 4 is 11.3 Å². The summed E-state index contributed by atoms with van der Waals surface area (Å²) in [6, 6.07) is 11.3. The number of thiazole rings is 1. The fourth-order valence-electron chi connectivity index (χ4n) is 3.10. The number of aromatic nitrogens is 1. The first kappa shape index (κ1) is 14.7. The van der Waals surface area contributed by atoms with E-state index in [4.69, 9.17) is 4.98 Å². The predicted molar refractivity (Wildman–Crippen MR) is 89.7 cm³/mol. The number of hydrogen-bond acceptors (Lipinski definition) is 3. The van der Waals surface area contributed by atoms with Crippen molar-refractivity contribution in [2.75, 3.05) is 0 Å². The van der Waals surface area contributed by atoms with Gasteiger partial charge in [-0.2, -0.15) is 0 Å². The molecule has 1 saturated carbocycles. The van der Waals surface area contributed by atoms with E-state index in [1.54, 1.807) is 0 Å². The lowest BCUT2D eigenvalue weighted by Gasteiger charge is -2.43. The van der Waals surface area contributed by atoms with Gasteiger partial charge >= 0.3 is 0 Å². The maximum Gasteiger partial charge on any atom is 0.113 e. The van der Waals surface area contributed by atoms with Gasteiger partial charge in [0.15, 0.2) is 0 Å². The number of aryl methyl sites for hydroxylation is 2. The molecule has 1 aromatic heterocycles. The van der Waals surface area contributed by atoms with Crippen LogP contribution in [-0.4, -0.2) is 11.0 Å². The number of nitrogens with one attached hydrogen (secondary N) is 1. The van der Waals surface area contributed by atoms with E-state index in [9.17, 15) is 0 Å². The summed E-state index contributed by atoms with van der Waals surface area (Å²) in [5.74, 6) is 0. The Labute approximate surface area is 131 Å². The van der Waals surface area contributed by atoms with Gasteiger partial charge in [0.25, 0.3) is 0 Å². The van der Waals surface area contributed by atoms with Gasteiger partial charge in [-0.3, -0.25) is 0 Å². The number of hydrogen-bond donors (Lipinski definition) is 1. The molecule has 3 rings (SSSR count). The minimum absolute atomic E-state index is 0.162. The van der Waals surface area contributed by atoms with Crippen molar-refractivity contribution in [1.29, 1.82) is 0 Å². The molecule has 2 aromatic rings. The van der Waals surface area contributed by atoms with Crippen LogP contribution in [0.5, 0.6) is 0 Å². The second kappa shape index (κ2) is 6.29. The normalized spacial score (nSPS) is 18.2. The van der Waals surface area contributed by atoms with Gasteiger partial charge < -0.3 is 5.32 Å². The Hall–Kier alpha value is -1.19. The Kier molecular flexibility index (Phi) is 4.41. The van der Waals surface area contributed by atoms with E-state index in [1.807, 2.05) is 11.3 Å². The van der Waals surface area contributed by atoms with Gasteiger partial charge in [-0.1, -0.05) is 30.3 Å². The van der Waals surface area contributed by atoms with Gasteiger partial charge in [0.05, 0.1) is 5.54 Å². The van der Waals surface area contributed by atoms with Crippen molar-refractivity contribution in [2.45, 2.75) is 57.5 Å². The van der Waals surface area contributed by atoms with Crippen LogP contribution in [0.25, 0.3) is 0 Å². The van der Waals surface area contributed by atoms with Crippen molar-refractivity contribution < 1.29 is 0 Å². The number of benzene rings is 1. The first-order valence-electron chi connectivity index (χ1n) is 7.92. The second-order valence-electron chi connectivity index (χ2n) is 6.30. The Morgan fingerprint density at radius 2 is 2.05 bits per heavy atom. The second-order valence-corrected chi connectivity index (χ2v) is 7.16. The fourth-order valence-corrected chi connectivity index (χ4v) is 4.12. The van der Waals surface area contributed by atoms with E-state index in [-0.39, 0.29) is 5.54 Å². The highest BCUT2D eigenvalue weighted by Gasteiger charge is 2.41. The molecule has 1 fully saturated rings. The van der Waals surface area contributed by atoms with Crippen LogP contribution >= 0.6 is 11.3 Å². The van der Waals surface area contributed by atoms with Crippen LogP contribution in [0.1, 0.15) is 48.9 Å². The van der Waals surface area contributed by atoms with E-state index < -0.39 is 0 Å². The van der Waals surface area contributed by atoms with Crippen LogP contribution in [0.2, 0.25) is 0 Å². The van der Waals surface area contributed by atoms with E-state index in [0.29, 0.717) is 6.04 Å². The summed E-state index contributed by atoms with van der Waals surface area (Å²) in [5.41, 5.74) is 2.74. The van der Waals surface area contributed by atoms with Crippen LogP contribution < -0.4 is 5.32 Å². The monoisotopic (exact) mass is 300 g/mol. The lowest BCUT2D eigenvalue weighted by Crippen LogP contribution is -2.51. The first-order chi connectivity index (χ1) is 10.2. The maximum absolute atomic E-state index is 4.73. The largest absolute Gasteiger partial charge is 0.303 e. The van der Waals surface area contributed by atoms with Crippen LogP contribution in [0.3, 0.4) is 0 Å². The van der Waals surface area contributed by atoms with Gasteiger partial charge in [0.2, 0.25) is 0 Å². The summed E-state index contributed by atoms with van der Waals surface area (Å²) in [6.45, 7) is 4.40. The summed E-state index contributed by atoms with van der Waals surface area (Å²) in [5, 5.41) is 7.34. The lowest BCUT2D eigenvalue weighted by atomic mass is 9.76. The molecule has 0 spiro atoms. The average molecular weight is 300 g/mol. The molecule has 0 bridgehead atoms. The molecule has 1 aromatic carbocycles. The van der Waals surface area contributed by atoms with Crippen molar-refractivity contribution in [3.8, 4) is 0 Å². The van der Waals surface area contributed by atoms with E-state index >= 15 is 0 Å². The zero-order valence-corrected chi connectivity index (χ0v) is 13.7. The molecule has 1 aliphatic carbocycles. The van der Waals surface area contributed by atoms with E-state index in [2.05, 4.69) is 54.9 Å². The maximum atomic E-state index is 4.73. The van der Waals surface area contributed by atoms with Gasteiger partial charge in [0.1, 0.15) is 5.01 Å². The Bertz CT molecular complexity index is 572. The van der Waals surface area contributed by atoms with Crippen LogP contribution in [0.15, 0.2) is 35.7 Å². The highest BCUT2D eigenvalue weighted by molar-refractivity contribution is 7.09. The Morgan fingerprint density at radius 3 is 2.62 bits per heavy atom. The predicted octanol–water partition coefficient (Wildman–Crippen LogP) is 4.44. The van der Waals surface area contributed by atoms with Crippen LogP contribution in [0, 0.1) is 6.92 Å². The SMILES string of the molecule is Cc1csc(C2(NC(C)CCc3ccccc3)CCC2)n1. The van der Waals surface area contributed by atoms with E-state index in [1.165, 1.54) is 36.3 Å². The molecule has 21 heavy (non-hydrogen) atoms. The lowest BCUT2D eigenvalue weighted by molar-refractivity contribution is 0.163. The quantitative estimate of drug-likeness (QED) is 0.853. The molecule has 112 valence electrons. The van der Waals surface area contributed by atoms with Crippen LogP contribution in [-0.2, 0) is 12.0 Å². The zero-order chi connectivity index (χ0) is 14.7. The molecular formula is C18H24N2S. The molecule has 0 saturated heterocycles. The summed E-state index contributed by atoms with van der Waals surface area (Å²) in [4.78, 5) is 4.73. The minimum atomic E-state index is 0.162. The van der Waals surface area contributed by atoms with Crippen LogP contribution in [0.4, 0.5) is 0 Å². The third kappa shape index (κ3) is 3.35. The van der Waals surface area contributed by atoms with Crippen molar-refractivity contribution in [3.05, 3.63) is 52.0 Å². The molecule has 0 radical (unpaired) electrons. The number of rotatable bonds is 6. The van der Waals surface area contributed by atoms with Crippen molar-refractivity contribution in [3.63, 3.8) is 0 Å². The Balaban J connectivity index is 1.59. The van der Waals surface area contributed by atoms with Gasteiger partial charge in [-0.25, -0.2) is 4.98 Å². The molecule has 0 amide bonds. The highest BCUT2D eigenvalue weighted by atomic mass is 32.1. The molecule has 1 unspecified atom stereocenters. The summed E-state index contributed by atoms with van der Waals surface area (Å²) in [7, 11) is 0. The summed E-state index contributed by atoms with van der Waals surface area (Å²) < 4.78 is 0. The van der Waals surface area contributed by atoms with Gasteiger partial charge in [-0.15, -0.1) is 11.3 Å². The fraction of sp³-hybridized carbons (Fsp3) is 0.500. The summed E-state index contributed by atoms with van der Waals surface area (Å²) >= 11 is 1.82. The minimum Gasteiger partial charge on any atom is -0.303 e. The molecule has 1 atom stereocenters. The van der Waals surface area contributed by atoms with Crippen molar-refractivity contribution in [2.24, 2.45) is 0 Å². The molecule has 1 aliphatic rings. The van der Waals surface area contributed by atoms with Gasteiger partial charge in [0, 0.05) is 17.1 Å². The molecule has 2 nitrogen and oxygen atoms in total. The Morgan fingerprint density at radius 1 is 1.29 bits per heavy atom. The average Bonchev–Trinajstić information content (AvgIpc) is 2.88.